The van der Waals surface area contributed by atoms with Crippen LogP contribution in [-0.2, 0) is 31.2 Å². The molecule has 0 aliphatic carbocycles. The molecular weight excluding hydrogens is 431 g/mol. The van der Waals surface area contributed by atoms with Crippen LogP contribution in [0.3, 0.4) is 0 Å². The van der Waals surface area contributed by atoms with Crippen LogP contribution in [0.1, 0.15) is 30.5 Å². The fraction of sp³-hybridized carbons (Fsp3) is 0.350. The molecule has 0 unspecified atom stereocenters. The van der Waals surface area contributed by atoms with Gasteiger partial charge in [-0.2, -0.15) is 4.31 Å². The van der Waals surface area contributed by atoms with E-state index in [0.717, 1.165) is 16.8 Å². The summed E-state index contributed by atoms with van der Waals surface area (Å²) in [4.78, 5) is 12.7. The lowest BCUT2D eigenvalue weighted by Crippen LogP contribution is -2.41. The number of carbonyl (C=O) groups is 1. The Morgan fingerprint density at radius 1 is 1.03 bits per heavy atom. The SMILES string of the molecule is CC[C@H](NC(=O)CN(Cc1ccccc1F)S(C)(=O)=O)c1ccc(S(C)(=O)=O)cc1. The van der Waals surface area contributed by atoms with Crippen LogP contribution in [0, 0.1) is 5.82 Å². The van der Waals surface area contributed by atoms with Gasteiger partial charge in [-0.1, -0.05) is 37.3 Å². The van der Waals surface area contributed by atoms with Crippen LogP contribution in [0.2, 0.25) is 0 Å². The molecule has 1 amide bonds. The molecule has 2 aromatic carbocycles. The number of carbonyl (C=O) groups excluding carboxylic acids is 1. The number of rotatable bonds is 9. The van der Waals surface area contributed by atoms with Gasteiger partial charge in [-0.3, -0.25) is 4.79 Å². The lowest BCUT2D eigenvalue weighted by molar-refractivity contribution is -0.122. The van der Waals surface area contributed by atoms with Crippen molar-refractivity contribution < 1.29 is 26.0 Å². The predicted molar refractivity (Wildman–Crippen MR) is 112 cm³/mol. The third kappa shape index (κ3) is 6.61. The van der Waals surface area contributed by atoms with Crippen molar-refractivity contribution in [1.82, 2.24) is 9.62 Å². The van der Waals surface area contributed by atoms with Crippen molar-refractivity contribution in [1.29, 1.82) is 0 Å². The molecule has 0 heterocycles. The molecule has 0 aliphatic heterocycles. The standard InChI is InChI=1S/C20H25FN2O5S2/c1-4-19(15-9-11-17(12-10-15)29(2,25)26)22-20(24)14-23(30(3,27)28)13-16-7-5-6-8-18(16)21/h5-12,19H,4,13-14H2,1-3H3,(H,22,24)/t19-/m0/s1. The number of halogens is 1. The molecule has 1 atom stereocenters. The van der Waals surface area contributed by atoms with E-state index in [2.05, 4.69) is 5.32 Å². The largest absolute Gasteiger partial charge is 0.348 e. The summed E-state index contributed by atoms with van der Waals surface area (Å²) in [7, 11) is -7.10. The first-order valence-electron chi connectivity index (χ1n) is 9.19. The second-order valence-electron chi connectivity index (χ2n) is 6.99. The molecule has 0 saturated heterocycles. The Balaban J connectivity index is 2.14. The third-order valence-electron chi connectivity index (χ3n) is 4.55. The summed E-state index contributed by atoms with van der Waals surface area (Å²) in [5.41, 5.74) is 0.859. The molecule has 0 bridgehead atoms. The van der Waals surface area contributed by atoms with E-state index >= 15 is 0 Å². The van der Waals surface area contributed by atoms with Crippen molar-refractivity contribution >= 4 is 25.8 Å². The van der Waals surface area contributed by atoms with Gasteiger partial charge in [-0.05, 0) is 30.2 Å². The van der Waals surface area contributed by atoms with E-state index in [1.807, 2.05) is 6.92 Å². The zero-order valence-corrected chi connectivity index (χ0v) is 18.6. The molecule has 1 N–H and O–H groups in total. The third-order valence-corrected chi connectivity index (χ3v) is 6.87. The summed E-state index contributed by atoms with van der Waals surface area (Å²) in [6.45, 7) is 1.10. The highest BCUT2D eigenvalue weighted by Gasteiger charge is 2.23. The highest BCUT2D eigenvalue weighted by Crippen LogP contribution is 2.19. The molecule has 0 aromatic heterocycles. The fourth-order valence-electron chi connectivity index (χ4n) is 2.88. The maximum Gasteiger partial charge on any atom is 0.235 e. The van der Waals surface area contributed by atoms with Crippen LogP contribution in [-0.4, -0.2) is 46.1 Å². The maximum absolute atomic E-state index is 13.9. The zero-order chi connectivity index (χ0) is 22.5. The molecule has 0 saturated carbocycles. The van der Waals surface area contributed by atoms with E-state index in [0.29, 0.717) is 12.0 Å². The van der Waals surface area contributed by atoms with Crippen molar-refractivity contribution in [2.75, 3.05) is 19.1 Å². The van der Waals surface area contributed by atoms with E-state index in [1.165, 1.54) is 30.3 Å². The summed E-state index contributed by atoms with van der Waals surface area (Å²) in [5, 5.41) is 2.76. The first-order chi connectivity index (χ1) is 13.9. The normalized spacial score (nSPS) is 13.2. The smallest absolute Gasteiger partial charge is 0.235 e. The first-order valence-corrected chi connectivity index (χ1v) is 12.9. The lowest BCUT2D eigenvalue weighted by Gasteiger charge is -2.23. The molecule has 2 aromatic rings. The summed E-state index contributed by atoms with van der Waals surface area (Å²) in [6.07, 6.45) is 2.58. The second-order valence-corrected chi connectivity index (χ2v) is 11.0. The number of sulfonamides is 1. The molecule has 0 fully saturated rings. The molecule has 7 nitrogen and oxygen atoms in total. The quantitative estimate of drug-likeness (QED) is 0.624. The van der Waals surface area contributed by atoms with E-state index < -0.39 is 44.2 Å². The van der Waals surface area contributed by atoms with Crippen LogP contribution in [0.5, 0.6) is 0 Å². The Kier molecular flexibility index (Phi) is 7.73. The summed E-state index contributed by atoms with van der Waals surface area (Å²) < 4.78 is 62.2. The zero-order valence-electron chi connectivity index (χ0n) is 17.0. The maximum atomic E-state index is 13.9. The van der Waals surface area contributed by atoms with Crippen molar-refractivity contribution in [3.63, 3.8) is 0 Å². The van der Waals surface area contributed by atoms with Gasteiger partial charge in [-0.15, -0.1) is 0 Å². The minimum absolute atomic E-state index is 0.166. The monoisotopic (exact) mass is 456 g/mol. The van der Waals surface area contributed by atoms with Gasteiger partial charge in [-0.25, -0.2) is 21.2 Å². The van der Waals surface area contributed by atoms with Crippen LogP contribution in [0.25, 0.3) is 0 Å². The number of hydrogen-bond acceptors (Lipinski definition) is 5. The lowest BCUT2D eigenvalue weighted by atomic mass is 10.0. The van der Waals surface area contributed by atoms with Gasteiger partial charge in [0, 0.05) is 18.4 Å². The number of benzene rings is 2. The molecule has 0 radical (unpaired) electrons. The second kappa shape index (κ2) is 9.67. The van der Waals surface area contributed by atoms with E-state index in [1.54, 1.807) is 18.2 Å². The summed E-state index contributed by atoms with van der Waals surface area (Å²) in [5.74, 6) is -1.10. The van der Waals surface area contributed by atoms with Crippen molar-refractivity contribution in [3.8, 4) is 0 Å². The van der Waals surface area contributed by atoms with Gasteiger partial charge >= 0.3 is 0 Å². The van der Waals surface area contributed by atoms with E-state index in [4.69, 9.17) is 0 Å². The number of sulfone groups is 1. The molecule has 164 valence electrons. The van der Waals surface area contributed by atoms with Gasteiger partial charge in [0.05, 0.1) is 23.7 Å². The molecule has 0 spiro atoms. The average Bonchev–Trinajstić information content (AvgIpc) is 2.66. The first kappa shape index (κ1) is 24.0. The van der Waals surface area contributed by atoms with Gasteiger partial charge in [0.2, 0.25) is 15.9 Å². The highest BCUT2D eigenvalue weighted by molar-refractivity contribution is 7.90. The minimum atomic E-state index is -3.76. The van der Waals surface area contributed by atoms with Crippen molar-refractivity contribution in [3.05, 3.63) is 65.5 Å². The van der Waals surface area contributed by atoms with Gasteiger partial charge in [0.15, 0.2) is 9.84 Å². The topological polar surface area (TPSA) is 101 Å². The number of nitrogens with zero attached hydrogens (tertiary/aromatic N) is 1. The predicted octanol–water partition coefficient (Wildman–Crippen LogP) is 2.26. The van der Waals surface area contributed by atoms with Crippen LogP contribution in [0.4, 0.5) is 4.39 Å². The van der Waals surface area contributed by atoms with Crippen molar-refractivity contribution in [2.45, 2.75) is 30.8 Å². The Hall–Kier alpha value is -2.30. The summed E-state index contributed by atoms with van der Waals surface area (Å²) >= 11 is 0. The van der Waals surface area contributed by atoms with E-state index in [-0.39, 0.29) is 17.0 Å². The minimum Gasteiger partial charge on any atom is -0.348 e. The van der Waals surface area contributed by atoms with Gasteiger partial charge in [0.25, 0.3) is 0 Å². The number of nitrogens with one attached hydrogen (secondary N) is 1. The molecule has 2 rings (SSSR count). The Labute approximate surface area is 176 Å². The Bertz CT molecular complexity index is 1100. The molecule has 10 heteroatoms. The highest BCUT2D eigenvalue weighted by atomic mass is 32.2. The summed E-state index contributed by atoms with van der Waals surface area (Å²) in [6, 6.07) is 11.5. The van der Waals surface area contributed by atoms with E-state index in [9.17, 15) is 26.0 Å². The van der Waals surface area contributed by atoms with Crippen LogP contribution >= 0.6 is 0 Å². The van der Waals surface area contributed by atoms with Gasteiger partial charge < -0.3 is 5.32 Å². The fourth-order valence-corrected chi connectivity index (χ4v) is 4.23. The van der Waals surface area contributed by atoms with Crippen LogP contribution < -0.4 is 5.32 Å². The number of amides is 1. The average molecular weight is 457 g/mol. The Morgan fingerprint density at radius 2 is 1.63 bits per heavy atom. The van der Waals surface area contributed by atoms with Gasteiger partial charge in [0.1, 0.15) is 5.82 Å². The van der Waals surface area contributed by atoms with Crippen LogP contribution in [0.15, 0.2) is 53.4 Å². The number of hydrogen-bond donors (Lipinski definition) is 1. The molecular formula is C20H25FN2O5S2. The van der Waals surface area contributed by atoms with Crippen molar-refractivity contribution in [2.24, 2.45) is 0 Å². The molecule has 0 aliphatic rings. The molecule has 30 heavy (non-hydrogen) atoms. The Morgan fingerprint density at radius 3 is 2.13 bits per heavy atom.